The van der Waals surface area contributed by atoms with E-state index in [0.29, 0.717) is 11.6 Å². The molecule has 6 nitrogen and oxygen atoms in total. The fraction of sp³-hybridized carbons (Fsp3) is 0.385. The van der Waals surface area contributed by atoms with Gasteiger partial charge in [0.15, 0.2) is 0 Å². The van der Waals surface area contributed by atoms with E-state index in [4.69, 9.17) is 4.74 Å². The van der Waals surface area contributed by atoms with Crippen LogP contribution in [0.2, 0.25) is 0 Å². The van der Waals surface area contributed by atoms with E-state index in [1.54, 1.807) is 12.1 Å². The van der Waals surface area contributed by atoms with Gasteiger partial charge in [-0.3, -0.25) is 5.32 Å². The van der Waals surface area contributed by atoms with Crippen molar-refractivity contribution in [2.75, 3.05) is 5.32 Å². The third kappa shape index (κ3) is 4.64. The van der Waals surface area contributed by atoms with Crippen molar-refractivity contribution in [2.45, 2.75) is 64.4 Å². The predicted molar refractivity (Wildman–Crippen MR) is 124 cm³/mol. The lowest BCUT2D eigenvalue weighted by Gasteiger charge is -2.24. The van der Waals surface area contributed by atoms with Gasteiger partial charge in [0.25, 0.3) is 0 Å². The molecule has 0 bridgehead atoms. The van der Waals surface area contributed by atoms with Gasteiger partial charge in [-0.2, -0.15) is 0 Å². The van der Waals surface area contributed by atoms with E-state index < -0.39 is 17.7 Å². The third-order valence-electron chi connectivity index (χ3n) is 5.92. The molecule has 0 spiro atoms. The molecule has 1 fully saturated rings. The van der Waals surface area contributed by atoms with Gasteiger partial charge in [-0.15, -0.1) is 0 Å². The summed E-state index contributed by atoms with van der Waals surface area (Å²) in [5.74, 6) is -0.829. The van der Waals surface area contributed by atoms with Crippen molar-refractivity contribution in [1.29, 1.82) is 0 Å². The molecule has 1 heterocycles. The number of carboxylic acids is 1. The smallest absolute Gasteiger partial charge is 0.412 e. The van der Waals surface area contributed by atoms with E-state index in [1.807, 2.05) is 51.1 Å². The number of carboxylic acid groups (broad SMARTS) is 1. The number of H-pyrrole nitrogens is 1. The molecule has 6 heteroatoms. The van der Waals surface area contributed by atoms with E-state index in [-0.39, 0.29) is 5.56 Å². The van der Waals surface area contributed by atoms with Crippen molar-refractivity contribution < 1.29 is 19.4 Å². The summed E-state index contributed by atoms with van der Waals surface area (Å²) in [7, 11) is 0. The molecule has 0 saturated heterocycles. The third-order valence-corrected chi connectivity index (χ3v) is 5.92. The SMILES string of the molecule is CC(C)(C)OC(=O)Nc1ccccc1-c1[nH]c2cc(C(=O)[O-])ccc2c1C1CCCCC1. The summed E-state index contributed by atoms with van der Waals surface area (Å²) in [6.07, 6.45) is 5.24. The molecule has 0 radical (unpaired) electrons. The number of carbonyl (C=O) groups excluding carboxylic acids is 2. The lowest BCUT2D eigenvalue weighted by atomic mass is 9.81. The molecule has 32 heavy (non-hydrogen) atoms. The minimum absolute atomic E-state index is 0.139. The van der Waals surface area contributed by atoms with Crippen molar-refractivity contribution in [2.24, 2.45) is 0 Å². The molecule has 1 aromatic heterocycles. The highest BCUT2D eigenvalue weighted by Gasteiger charge is 2.25. The number of ether oxygens (including phenoxy) is 1. The summed E-state index contributed by atoms with van der Waals surface area (Å²) in [5, 5.41) is 15.3. The molecule has 168 valence electrons. The van der Waals surface area contributed by atoms with Crippen LogP contribution in [0.3, 0.4) is 0 Å². The first-order valence-electron chi connectivity index (χ1n) is 11.2. The number of para-hydroxylation sites is 1. The maximum absolute atomic E-state index is 12.5. The summed E-state index contributed by atoms with van der Waals surface area (Å²) < 4.78 is 5.45. The van der Waals surface area contributed by atoms with E-state index in [0.717, 1.165) is 35.0 Å². The molecule has 0 unspecified atom stereocenters. The minimum atomic E-state index is -1.20. The number of fused-ring (bicyclic) bond motifs is 1. The first-order valence-corrected chi connectivity index (χ1v) is 11.2. The van der Waals surface area contributed by atoms with Crippen LogP contribution in [0.1, 0.15) is 74.7 Å². The van der Waals surface area contributed by atoms with Crippen LogP contribution in [0.15, 0.2) is 42.5 Å². The lowest BCUT2D eigenvalue weighted by molar-refractivity contribution is -0.255. The second kappa shape index (κ2) is 8.69. The quantitative estimate of drug-likeness (QED) is 0.560. The normalized spacial score (nSPS) is 15.0. The van der Waals surface area contributed by atoms with Gasteiger partial charge in [-0.05, 0) is 62.8 Å². The van der Waals surface area contributed by atoms with Crippen molar-refractivity contribution in [3.8, 4) is 11.3 Å². The second-order valence-electron chi connectivity index (χ2n) is 9.47. The molecule has 3 aromatic rings. The number of hydrogen-bond acceptors (Lipinski definition) is 4. The van der Waals surface area contributed by atoms with E-state index in [9.17, 15) is 14.7 Å². The van der Waals surface area contributed by atoms with Crippen LogP contribution in [0.25, 0.3) is 22.2 Å². The Balaban J connectivity index is 1.83. The molecule has 1 aliphatic rings. The Morgan fingerprint density at radius 3 is 2.47 bits per heavy atom. The molecule has 4 rings (SSSR count). The Morgan fingerprint density at radius 1 is 1.06 bits per heavy atom. The van der Waals surface area contributed by atoms with Gasteiger partial charge in [0, 0.05) is 16.5 Å². The topological polar surface area (TPSA) is 94.2 Å². The van der Waals surface area contributed by atoms with Gasteiger partial charge in [-0.25, -0.2) is 4.79 Å². The fourth-order valence-corrected chi connectivity index (χ4v) is 4.60. The van der Waals surface area contributed by atoms with Crippen molar-refractivity contribution in [3.63, 3.8) is 0 Å². The molecule has 2 aromatic carbocycles. The average Bonchev–Trinajstić information content (AvgIpc) is 3.11. The Bertz CT molecular complexity index is 1150. The van der Waals surface area contributed by atoms with Crippen LogP contribution in [0, 0.1) is 0 Å². The van der Waals surface area contributed by atoms with E-state index in [1.165, 1.54) is 24.8 Å². The molecule has 0 aliphatic heterocycles. The van der Waals surface area contributed by atoms with Gasteiger partial charge < -0.3 is 19.6 Å². The van der Waals surface area contributed by atoms with Crippen molar-refractivity contribution >= 4 is 28.7 Å². The summed E-state index contributed by atoms with van der Waals surface area (Å²) in [4.78, 5) is 27.3. The van der Waals surface area contributed by atoms with Gasteiger partial charge in [-0.1, -0.05) is 49.6 Å². The van der Waals surface area contributed by atoms with Gasteiger partial charge in [0.1, 0.15) is 5.60 Å². The molecule has 1 saturated carbocycles. The zero-order chi connectivity index (χ0) is 22.9. The Labute approximate surface area is 188 Å². The molecule has 1 aliphatic carbocycles. The average molecular weight is 434 g/mol. The second-order valence-corrected chi connectivity index (χ2v) is 9.47. The number of hydrogen-bond donors (Lipinski definition) is 2. The Hall–Kier alpha value is -3.28. The number of anilines is 1. The van der Waals surface area contributed by atoms with Crippen molar-refractivity contribution in [3.05, 3.63) is 53.6 Å². The van der Waals surface area contributed by atoms with Crippen LogP contribution in [0.5, 0.6) is 0 Å². The highest BCUT2D eigenvalue weighted by Crippen LogP contribution is 2.44. The summed E-state index contributed by atoms with van der Waals surface area (Å²) >= 11 is 0. The minimum Gasteiger partial charge on any atom is -0.545 e. The first-order chi connectivity index (χ1) is 15.2. The number of aromatic nitrogens is 1. The van der Waals surface area contributed by atoms with Crippen LogP contribution < -0.4 is 10.4 Å². The fourth-order valence-electron chi connectivity index (χ4n) is 4.60. The van der Waals surface area contributed by atoms with Crippen LogP contribution >= 0.6 is 0 Å². The zero-order valence-corrected chi connectivity index (χ0v) is 18.8. The molecule has 1 amide bonds. The van der Waals surface area contributed by atoms with E-state index in [2.05, 4.69) is 10.3 Å². The number of amides is 1. The number of rotatable bonds is 4. The standard InChI is InChI=1S/C26H30N2O4/c1-26(2,3)32-25(31)28-20-12-8-7-11-19(20)23-22(16-9-5-4-6-10-16)18-14-13-17(24(29)30)15-21(18)27-23/h7-8,11-16,27H,4-6,9-10H2,1-3H3,(H,28,31)(H,29,30)/p-1. The summed E-state index contributed by atoms with van der Waals surface area (Å²) in [6, 6.07) is 12.7. The largest absolute Gasteiger partial charge is 0.545 e. The monoisotopic (exact) mass is 433 g/mol. The highest BCUT2D eigenvalue weighted by molar-refractivity contribution is 5.99. The number of benzene rings is 2. The van der Waals surface area contributed by atoms with Gasteiger partial charge >= 0.3 is 6.09 Å². The van der Waals surface area contributed by atoms with Gasteiger partial charge in [0.05, 0.1) is 17.4 Å². The molecular weight excluding hydrogens is 404 g/mol. The Kier molecular flexibility index (Phi) is 5.96. The number of carbonyl (C=O) groups is 2. The maximum atomic E-state index is 12.5. The molecule has 0 atom stereocenters. The van der Waals surface area contributed by atoms with Crippen molar-refractivity contribution in [1.82, 2.24) is 4.98 Å². The highest BCUT2D eigenvalue weighted by atomic mass is 16.6. The number of nitrogens with one attached hydrogen (secondary N) is 2. The number of aromatic carboxylic acids is 1. The maximum Gasteiger partial charge on any atom is 0.412 e. The number of aromatic amines is 1. The van der Waals surface area contributed by atoms with Crippen LogP contribution in [-0.2, 0) is 4.74 Å². The summed E-state index contributed by atoms with van der Waals surface area (Å²) in [6.45, 7) is 5.48. The molecule has 2 N–H and O–H groups in total. The lowest BCUT2D eigenvalue weighted by Crippen LogP contribution is -2.27. The van der Waals surface area contributed by atoms with Crippen LogP contribution in [0.4, 0.5) is 10.5 Å². The Morgan fingerprint density at radius 2 is 1.78 bits per heavy atom. The molecular formula is C26H29N2O4-. The first kappa shape index (κ1) is 21.9. The zero-order valence-electron chi connectivity index (χ0n) is 18.8. The van der Waals surface area contributed by atoms with E-state index >= 15 is 0 Å². The predicted octanol–water partition coefficient (Wildman–Crippen LogP) is 5.59. The summed E-state index contributed by atoms with van der Waals surface area (Å²) in [5.41, 5.74) is 3.89. The van der Waals surface area contributed by atoms with Gasteiger partial charge in [0.2, 0.25) is 0 Å². The van der Waals surface area contributed by atoms with Crippen LogP contribution in [-0.4, -0.2) is 22.6 Å².